The summed E-state index contributed by atoms with van der Waals surface area (Å²) in [7, 11) is 0. The van der Waals surface area contributed by atoms with E-state index in [1.54, 1.807) is 11.3 Å². The van der Waals surface area contributed by atoms with Crippen LogP contribution in [0.25, 0.3) is 10.1 Å². The Morgan fingerprint density at radius 1 is 1.00 bits per heavy atom. The predicted octanol–water partition coefficient (Wildman–Crippen LogP) is 4.77. The zero-order valence-corrected chi connectivity index (χ0v) is 12.8. The van der Waals surface area contributed by atoms with Gasteiger partial charge in [0, 0.05) is 10.3 Å². The molecule has 0 saturated carbocycles. The molecule has 0 aliphatic rings. The molecule has 2 aromatic carbocycles. The molecule has 1 aromatic heterocycles. The second kappa shape index (κ2) is 4.72. The van der Waals surface area contributed by atoms with Gasteiger partial charge >= 0.3 is 0 Å². The van der Waals surface area contributed by atoms with E-state index in [1.807, 2.05) is 25.1 Å². The number of rotatable bonds is 2. The maximum Gasteiger partial charge on any atom is 0.113 e. The van der Waals surface area contributed by atoms with Crippen LogP contribution in [0, 0.1) is 13.8 Å². The van der Waals surface area contributed by atoms with E-state index in [4.69, 9.17) is 0 Å². The molecule has 0 radical (unpaired) electrons. The van der Waals surface area contributed by atoms with E-state index < -0.39 is 5.60 Å². The minimum Gasteiger partial charge on any atom is -0.381 e. The van der Waals surface area contributed by atoms with Gasteiger partial charge in [0.2, 0.25) is 0 Å². The highest BCUT2D eigenvalue weighted by atomic mass is 32.1. The van der Waals surface area contributed by atoms with Gasteiger partial charge in [-0.3, -0.25) is 0 Å². The summed E-state index contributed by atoms with van der Waals surface area (Å²) in [6.07, 6.45) is 0. The average Bonchev–Trinajstić information content (AvgIpc) is 2.89. The van der Waals surface area contributed by atoms with Crippen LogP contribution < -0.4 is 0 Å². The van der Waals surface area contributed by atoms with Crippen molar-refractivity contribution >= 4 is 21.4 Å². The molecule has 1 N–H and O–H groups in total. The third kappa shape index (κ3) is 2.05. The second-order valence-corrected chi connectivity index (χ2v) is 6.43. The molecule has 3 aromatic rings. The van der Waals surface area contributed by atoms with Crippen LogP contribution in [-0.2, 0) is 5.60 Å². The molecular weight excluding hydrogens is 264 g/mol. The minimum absolute atomic E-state index is 0.946. The van der Waals surface area contributed by atoms with E-state index in [1.165, 1.54) is 16.5 Å². The Hall–Kier alpha value is -1.64. The van der Waals surface area contributed by atoms with Gasteiger partial charge in [0.05, 0.1) is 0 Å². The van der Waals surface area contributed by atoms with E-state index in [0.717, 1.165) is 15.8 Å². The SMILES string of the molecule is Cc1ccc(C(C)(O)c2cccc3ccsc23)cc1C. The Morgan fingerprint density at radius 3 is 2.55 bits per heavy atom. The van der Waals surface area contributed by atoms with Crippen LogP contribution in [0.3, 0.4) is 0 Å². The molecule has 1 nitrogen and oxygen atoms in total. The molecule has 20 heavy (non-hydrogen) atoms. The highest BCUT2D eigenvalue weighted by Gasteiger charge is 2.28. The van der Waals surface area contributed by atoms with Crippen LogP contribution in [0.15, 0.2) is 47.8 Å². The van der Waals surface area contributed by atoms with Crippen LogP contribution in [0.5, 0.6) is 0 Å². The van der Waals surface area contributed by atoms with Crippen molar-refractivity contribution in [3.8, 4) is 0 Å². The molecule has 1 atom stereocenters. The third-order valence-electron chi connectivity index (χ3n) is 4.07. The second-order valence-electron chi connectivity index (χ2n) is 5.52. The van der Waals surface area contributed by atoms with Gasteiger partial charge in [-0.25, -0.2) is 0 Å². The smallest absolute Gasteiger partial charge is 0.113 e. The third-order valence-corrected chi connectivity index (χ3v) is 5.04. The Morgan fingerprint density at radius 2 is 1.80 bits per heavy atom. The lowest BCUT2D eigenvalue weighted by molar-refractivity contribution is 0.104. The molecule has 0 amide bonds. The van der Waals surface area contributed by atoms with Crippen molar-refractivity contribution in [1.29, 1.82) is 0 Å². The Bertz CT molecular complexity index is 768. The molecule has 3 rings (SSSR count). The van der Waals surface area contributed by atoms with Crippen LogP contribution in [0.2, 0.25) is 0 Å². The number of thiophene rings is 1. The molecule has 1 unspecified atom stereocenters. The lowest BCUT2D eigenvalue weighted by Gasteiger charge is -2.26. The number of fused-ring (bicyclic) bond motifs is 1. The summed E-state index contributed by atoms with van der Waals surface area (Å²) in [5.41, 5.74) is 3.41. The van der Waals surface area contributed by atoms with E-state index in [2.05, 4.69) is 43.5 Å². The summed E-state index contributed by atoms with van der Waals surface area (Å²) in [5.74, 6) is 0. The molecule has 0 aliphatic heterocycles. The summed E-state index contributed by atoms with van der Waals surface area (Å²) in [6, 6.07) is 14.4. The van der Waals surface area contributed by atoms with Gasteiger partial charge in [0.1, 0.15) is 5.60 Å². The van der Waals surface area contributed by atoms with Crippen LogP contribution in [-0.4, -0.2) is 5.11 Å². The van der Waals surface area contributed by atoms with Crippen molar-refractivity contribution in [2.45, 2.75) is 26.4 Å². The maximum atomic E-state index is 11.1. The fourth-order valence-corrected chi connectivity index (χ4v) is 3.59. The topological polar surface area (TPSA) is 20.2 Å². The van der Waals surface area contributed by atoms with Crippen LogP contribution in [0.4, 0.5) is 0 Å². The number of aliphatic hydroxyl groups is 1. The first-order chi connectivity index (χ1) is 9.50. The van der Waals surface area contributed by atoms with Crippen molar-refractivity contribution in [3.05, 3.63) is 70.1 Å². The van der Waals surface area contributed by atoms with Gasteiger partial charge < -0.3 is 5.11 Å². The van der Waals surface area contributed by atoms with Gasteiger partial charge in [-0.15, -0.1) is 11.3 Å². The number of benzene rings is 2. The zero-order valence-electron chi connectivity index (χ0n) is 12.0. The quantitative estimate of drug-likeness (QED) is 0.717. The van der Waals surface area contributed by atoms with E-state index in [9.17, 15) is 5.11 Å². The van der Waals surface area contributed by atoms with E-state index in [-0.39, 0.29) is 0 Å². The van der Waals surface area contributed by atoms with Crippen molar-refractivity contribution < 1.29 is 5.11 Å². The van der Waals surface area contributed by atoms with Gasteiger partial charge in [0.15, 0.2) is 0 Å². The standard InChI is InChI=1S/C18H18OS/c1-12-7-8-15(11-13(12)2)18(3,19)16-6-4-5-14-9-10-20-17(14)16/h4-11,19H,1-3H3. The van der Waals surface area contributed by atoms with E-state index >= 15 is 0 Å². The molecular formula is C18H18OS. The van der Waals surface area contributed by atoms with Crippen molar-refractivity contribution in [3.63, 3.8) is 0 Å². The first-order valence-corrected chi connectivity index (χ1v) is 7.65. The average molecular weight is 282 g/mol. The van der Waals surface area contributed by atoms with Gasteiger partial charge in [-0.05, 0) is 54.3 Å². The summed E-state index contributed by atoms with van der Waals surface area (Å²) in [6.45, 7) is 6.06. The first-order valence-electron chi connectivity index (χ1n) is 6.77. The predicted molar refractivity (Wildman–Crippen MR) is 86.4 cm³/mol. The van der Waals surface area contributed by atoms with E-state index in [0.29, 0.717) is 0 Å². The van der Waals surface area contributed by atoms with Crippen molar-refractivity contribution in [2.24, 2.45) is 0 Å². The molecule has 0 saturated heterocycles. The van der Waals surface area contributed by atoms with Gasteiger partial charge in [-0.1, -0.05) is 36.4 Å². The number of aryl methyl sites for hydroxylation is 2. The molecule has 0 spiro atoms. The maximum absolute atomic E-state index is 11.1. The molecule has 1 heterocycles. The largest absolute Gasteiger partial charge is 0.381 e. The monoisotopic (exact) mass is 282 g/mol. The van der Waals surface area contributed by atoms with Gasteiger partial charge in [-0.2, -0.15) is 0 Å². The fourth-order valence-electron chi connectivity index (χ4n) is 2.58. The van der Waals surface area contributed by atoms with Gasteiger partial charge in [0.25, 0.3) is 0 Å². The summed E-state index contributed by atoms with van der Waals surface area (Å²) in [5, 5.41) is 14.4. The minimum atomic E-state index is -0.969. The lowest BCUT2D eigenvalue weighted by atomic mass is 9.86. The Balaban J connectivity index is 2.20. The van der Waals surface area contributed by atoms with Crippen molar-refractivity contribution in [1.82, 2.24) is 0 Å². The first kappa shape index (κ1) is 13.3. The Kier molecular flexibility index (Phi) is 3.15. The molecule has 0 bridgehead atoms. The highest BCUT2D eigenvalue weighted by molar-refractivity contribution is 7.17. The normalized spacial score (nSPS) is 14.4. The van der Waals surface area contributed by atoms with Crippen LogP contribution >= 0.6 is 11.3 Å². The summed E-state index contributed by atoms with van der Waals surface area (Å²) in [4.78, 5) is 0. The number of hydrogen-bond donors (Lipinski definition) is 1. The summed E-state index contributed by atoms with van der Waals surface area (Å²) < 4.78 is 1.16. The van der Waals surface area contributed by atoms with Crippen molar-refractivity contribution in [2.75, 3.05) is 0 Å². The molecule has 0 aliphatic carbocycles. The summed E-state index contributed by atoms with van der Waals surface area (Å²) >= 11 is 1.68. The lowest BCUT2D eigenvalue weighted by Crippen LogP contribution is -2.23. The molecule has 0 fully saturated rings. The number of hydrogen-bond acceptors (Lipinski definition) is 2. The molecule has 2 heteroatoms. The van der Waals surface area contributed by atoms with Crippen LogP contribution in [0.1, 0.15) is 29.2 Å². The molecule has 102 valence electrons. The zero-order chi connectivity index (χ0) is 14.3. The fraction of sp³-hybridized carbons (Fsp3) is 0.222. The Labute approximate surface area is 123 Å². The highest BCUT2D eigenvalue weighted by Crippen LogP contribution is 2.37.